The molecule has 1 N–H and O–H groups in total. The Labute approximate surface area is 101 Å². The summed E-state index contributed by atoms with van der Waals surface area (Å²) >= 11 is 1.80. The Morgan fingerprint density at radius 2 is 1.81 bits per heavy atom. The van der Waals surface area contributed by atoms with Crippen LogP contribution in [-0.2, 0) is 13.1 Å². The summed E-state index contributed by atoms with van der Waals surface area (Å²) in [6.07, 6.45) is 0. The first kappa shape index (κ1) is 11.4. The van der Waals surface area contributed by atoms with Crippen molar-refractivity contribution in [2.45, 2.75) is 26.9 Å². The fourth-order valence-electron chi connectivity index (χ4n) is 1.91. The molecular formula is C14H17NS. The third-order valence-electron chi connectivity index (χ3n) is 2.49. The Morgan fingerprint density at radius 3 is 2.44 bits per heavy atom. The van der Waals surface area contributed by atoms with Crippen molar-refractivity contribution in [2.75, 3.05) is 0 Å². The van der Waals surface area contributed by atoms with Gasteiger partial charge in [0, 0.05) is 18.0 Å². The zero-order chi connectivity index (χ0) is 11.4. The number of hydrogen-bond acceptors (Lipinski definition) is 2. The van der Waals surface area contributed by atoms with Crippen LogP contribution in [-0.4, -0.2) is 0 Å². The van der Waals surface area contributed by atoms with Gasteiger partial charge in [0.1, 0.15) is 0 Å². The molecule has 0 bridgehead atoms. The summed E-state index contributed by atoms with van der Waals surface area (Å²) < 4.78 is 0. The van der Waals surface area contributed by atoms with E-state index >= 15 is 0 Å². The van der Waals surface area contributed by atoms with Crippen molar-refractivity contribution in [1.82, 2.24) is 5.32 Å². The molecule has 16 heavy (non-hydrogen) atoms. The Balaban J connectivity index is 1.89. The number of nitrogens with one attached hydrogen (secondary N) is 1. The molecule has 0 aliphatic heterocycles. The molecule has 2 heteroatoms. The molecule has 0 radical (unpaired) electrons. The molecule has 0 unspecified atom stereocenters. The van der Waals surface area contributed by atoms with Crippen LogP contribution in [0.5, 0.6) is 0 Å². The summed E-state index contributed by atoms with van der Waals surface area (Å²) in [5, 5.41) is 5.59. The Morgan fingerprint density at radius 1 is 1.06 bits per heavy atom. The monoisotopic (exact) mass is 231 g/mol. The minimum atomic E-state index is 0.945. The largest absolute Gasteiger partial charge is 0.308 e. The molecule has 0 atom stereocenters. The molecule has 0 spiro atoms. The van der Waals surface area contributed by atoms with Gasteiger partial charge in [-0.3, -0.25) is 0 Å². The van der Waals surface area contributed by atoms with Gasteiger partial charge in [0.05, 0.1) is 0 Å². The number of rotatable bonds is 4. The predicted octanol–water partition coefficient (Wildman–Crippen LogP) is 3.65. The van der Waals surface area contributed by atoms with E-state index in [-0.39, 0.29) is 0 Å². The lowest BCUT2D eigenvalue weighted by Gasteiger charge is -2.06. The first-order chi connectivity index (χ1) is 7.74. The Kier molecular flexibility index (Phi) is 3.75. The van der Waals surface area contributed by atoms with Gasteiger partial charge in [0.2, 0.25) is 0 Å². The molecule has 2 rings (SSSR count). The van der Waals surface area contributed by atoms with E-state index < -0.39 is 0 Å². The lowest BCUT2D eigenvalue weighted by Crippen LogP contribution is -2.11. The number of aryl methyl sites for hydroxylation is 2. The molecule has 2 aromatic rings. The quantitative estimate of drug-likeness (QED) is 0.847. The molecule has 1 heterocycles. The highest BCUT2D eigenvalue weighted by atomic mass is 32.1. The van der Waals surface area contributed by atoms with Crippen molar-refractivity contribution in [3.05, 3.63) is 57.3 Å². The fourth-order valence-corrected chi connectivity index (χ4v) is 2.59. The molecule has 0 aliphatic rings. The van der Waals surface area contributed by atoms with Gasteiger partial charge in [-0.1, -0.05) is 35.4 Å². The highest BCUT2D eigenvalue weighted by Gasteiger charge is 1.97. The molecule has 0 amide bonds. The van der Waals surface area contributed by atoms with Crippen LogP contribution in [0.2, 0.25) is 0 Å². The minimum absolute atomic E-state index is 0.945. The molecule has 1 nitrogen and oxygen atoms in total. The topological polar surface area (TPSA) is 12.0 Å². The molecule has 0 saturated carbocycles. The van der Waals surface area contributed by atoms with E-state index in [0.29, 0.717) is 0 Å². The van der Waals surface area contributed by atoms with Crippen LogP contribution in [0.4, 0.5) is 0 Å². The highest BCUT2D eigenvalue weighted by molar-refractivity contribution is 7.09. The highest BCUT2D eigenvalue weighted by Crippen LogP contribution is 2.10. The maximum atomic E-state index is 3.47. The van der Waals surface area contributed by atoms with E-state index in [2.05, 4.69) is 54.9 Å². The van der Waals surface area contributed by atoms with E-state index in [1.165, 1.54) is 21.6 Å². The lowest BCUT2D eigenvalue weighted by atomic mass is 10.1. The fraction of sp³-hybridized carbons (Fsp3) is 0.286. The van der Waals surface area contributed by atoms with Crippen molar-refractivity contribution in [3.8, 4) is 0 Å². The molecule has 0 aliphatic carbocycles. The third kappa shape index (κ3) is 3.19. The van der Waals surface area contributed by atoms with Crippen LogP contribution in [0.15, 0.2) is 35.7 Å². The van der Waals surface area contributed by atoms with Crippen molar-refractivity contribution >= 4 is 11.3 Å². The summed E-state index contributed by atoms with van der Waals surface area (Å²) in [5.41, 5.74) is 4.05. The number of hydrogen-bond donors (Lipinski definition) is 1. The van der Waals surface area contributed by atoms with Crippen molar-refractivity contribution in [3.63, 3.8) is 0 Å². The lowest BCUT2D eigenvalue weighted by molar-refractivity contribution is 0.700. The van der Waals surface area contributed by atoms with E-state index in [4.69, 9.17) is 0 Å². The Bertz CT molecular complexity index is 426. The van der Waals surface area contributed by atoms with Gasteiger partial charge >= 0.3 is 0 Å². The third-order valence-corrected chi connectivity index (χ3v) is 3.37. The number of thiophene rings is 1. The summed E-state index contributed by atoms with van der Waals surface area (Å²) in [7, 11) is 0. The van der Waals surface area contributed by atoms with Gasteiger partial charge < -0.3 is 5.32 Å². The Hall–Kier alpha value is -1.12. The van der Waals surface area contributed by atoms with Crippen LogP contribution in [0.3, 0.4) is 0 Å². The van der Waals surface area contributed by atoms with Crippen LogP contribution in [0, 0.1) is 13.8 Å². The van der Waals surface area contributed by atoms with Crippen molar-refractivity contribution < 1.29 is 0 Å². The van der Waals surface area contributed by atoms with Gasteiger partial charge in [-0.05, 0) is 30.9 Å². The minimum Gasteiger partial charge on any atom is -0.308 e. The van der Waals surface area contributed by atoms with E-state index in [1.807, 2.05) is 0 Å². The molecule has 0 saturated heterocycles. The molecule has 1 aromatic carbocycles. The predicted molar refractivity (Wildman–Crippen MR) is 70.8 cm³/mol. The molecule has 84 valence electrons. The van der Waals surface area contributed by atoms with Gasteiger partial charge in [0.15, 0.2) is 0 Å². The van der Waals surface area contributed by atoms with Gasteiger partial charge in [-0.15, -0.1) is 11.3 Å². The van der Waals surface area contributed by atoms with Crippen LogP contribution < -0.4 is 5.32 Å². The average Bonchev–Trinajstić information content (AvgIpc) is 2.69. The second-order valence-corrected chi connectivity index (χ2v) is 5.21. The molecule has 1 aromatic heterocycles. The van der Waals surface area contributed by atoms with Gasteiger partial charge in [0.25, 0.3) is 0 Å². The van der Waals surface area contributed by atoms with E-state index in [9.17, 15) is 0 Å². The SMILES string of the molecule is Cc1cc(C)cc(CNCc2cccs2)c1. The maximum absolute atomic E-state index is 3.47. The van der Waals surface area contributed by atoms with Gasteiger partial charge in [-0.25, -0.2) is 0 Å². The smallest absolute Gasteiger partial charge is 0.0302 e. The van der Waals surface area contributed by atoms with E-state index in [1.54, 1.807) is 11.3 Å². The van der Waals surface area contributed by atoms with Gasteiger partial charge in [-0.2, -0.15) is 0 Å². The van der Waals surface area contributed by atoms with Crippen molar-refractivity contribution in [2.24, 2.45) is 0 Å². The zero-order valence-corrected chi connectivity index (χ0v) is 10.6. The van der Waals surface area contributed by atoms with Crippen LogP contribution in [0.1, 0.15) is 21.6 Å². The molecule has 0 fully saturated rings. The summed E-state index contributed by atoms with van der Waals surface area (Å²) in [4.78, 5) is 1.39. The van der Waals surface area contributed by atoms with Crippen molar-refractivity contribution in [1.29, 1.82) is 0 Å². The van der Waals surface area contributed by atoms with E-state index in [0.717, 1.165) is 13.1 Å². The average molecular weight is 231 g/mol. The second kappa shape index (κ2) is 5.28. The normalized spacial score (nSPS) is 10.6. The number of benzene rings is 1. The standard InChI is InChI=1S/C14H17NS/c1-11-6-12(2)8-13(7-11)9-15-10-14-4-3-5-16-14/h3-8,15H,9-10H2,1-2H3. The summed E-state index contributed by atoms with van der Waals surface area (Å²) in [5.74, 6) is 0. The first-order valence-electron chi connectivity index (χ1n) is 5.54. The first-order valence-corrected chi connectivity index (χ1v) is 6.42. The summed E-state index contributed by atoms with van der Waals surface area (Å²) in [6, 6.07) is 11.0. The van der Waals surface area contributed by atoms with Crippen LogP contribution >= 0.6 is 11.3 Å². The van der Waals surface area contributed by atoms with Crippen LogP contribution in [0.25, 0.3) is 0 Å². The maximum Gasteiger partial charge on any atom is 0.0302 e. The zero-order valence-electron chi connectivity index (χ0n) is 9.79. The summed E-state index contributed by atoms with van der Waals surface area (Å²) in [6.45, 7) is 6.20. The second-order valence-electron chi connectivity index (χ2n) is 4.18. The molecular weight excluding hydrogens is 214 g/mol.